The lowest BCUT2D eigenvalue weighted by atomic mass is 9.74. The van der Waals surface area contributed by atoms with Gasteiger partial charge in [-0.1, -0.05) is 50.7 Å². The van der Waals surface area contributed by atoms with Gasteiger partial charge in [-0.15, -0.1) is 0 Å². The third-order valence-corrected chi connectivity index (χ3v) is 8.98. The van der Waals surface area contributed by atoms with Crippen LogP contribution in [0, 0.1) is 11.8 Å². The Morgan fingerprint density at radius 3 is 2.06 bits per heavy atom. The largest absolute Gasteiger partial charge is 0.359 e. The van der Waals surface area contributed by atoms with E-state index in [1.165, 1.54) is 0 Å². The maximum absolute atomic E-state index is 13.9. The van der Waals surface area contributed by atoms with E-state index in [1.807, 2.05) is 17.1 Å². The molecule has 7 heteroatoms. The lowest BCUT2D eigenvalue weighted by Crippen LogP contribution is -2.57. The van der Waals surface area contributed by atoms with Crippen molar-refractivity contribution in [2.75, 3.05) is 0 Å². The average Bonchev–Trinajstić information content (AvgIpc) is 3.58. The number of rotatable bonds is 5. The quantitative estimate of drug-likeness (QED) is 0.641. The van der Waals surface area contributed by atoms with E-state index >= 15 is 0 Å². The van der Waals surface area contributed by atoms with E-state index in [4.69, 9.17) is 4.74 Å². The fourth-order valence-electron chi connectivity index (χ4n) is 7.50. The zero-order chi connectivity index (χ0) is 21.9. The van der Waals surface area contributed by atoms with E-state index in [0.29, 0.717) is 0 Å². The van der Waals surface area contributed by atoms with Gasteiger partial charge in [0, 0.05) is 18.1 Å². The van der Waals surface area contributed by atoms with Gasteiger partial charge in [-0.3, -0.25) is 14.4 Å². The van der Waals surface area contributed by atoms with E-state index in [9.17, 15) is 14.4 Å². The van der Waals surface area contributed by atoms with Crippen molar-refractivity contribution in [1.82, 2.24) is 15.5 Å². The van der Waals surface area contributed by atoms with E-state index in [1.54, 1.807) is 0 Å². The summed E-state index contributed by atoms with van der Waals surface area (Å²) in [6, 6.07) is -0.224. The summed E-state index contributed by atoms with van der Waals surface area (Å²) in [6.07, 6.45) is 16.0. The fourth-order valence-corrected chi connectivity index (χ4v) is 7.50. The maximum atomic E-state index is 13.9. The first kappa shape index (κ1) is 20.7. The summed E-state index contributed by atoms with van der Waals surface area (Å²) < 4.78 is 6.45. The van der Waals surface area contributed by atoms with Crippen LogP contribution in [-0.4, -0.2) is 58.5 Å². The second-order valence-corrected chi connectivity index (χ2v) is 10.9. The topological polar surface area (TPSA) is 87.7 Å². The molecule has 5 atom stereocenters. The van der Waals surface area contributed by atoms with Crippen LogP contribution in [-0.2, 0) is 19.1 Å². The number of fused-ring (bicyclic) bond motifs is 1. The SMILES string of the molecule is O=C(NC1CCCC1)[C@@H]1[C@H]2C=C[C@@]3(O2)[C@H]1C(=O)N(C1CCCC1)[C@@H]3C(=O)NC1CCCC1. The molecular formula is C25H35N3O4. The number of carbonyl (C=O) groups excluding carboxylic acids is 3. The highest BCUT2D eigenvalue weighted by Gasteiger charge is 2.73. The monoisotopic (exact) mass is 441 g/mol. The zero-order valence-electron chi connectivity index (χ0n) is 18.8. The Kier molecular flexibility index (Phi) is 5.08. The van der Waals surface area contributed by atoms with Crippen LogP contribution in [0.25, 0.3) is 0 Å². The van der Waals surface area contributed by atoms with Crippen molar-refractivity contribution in [2.24, 2.45) is 11.8 Å². The molecule has 7 nitrogen and oxygen atoms in total. The lowest BCUT2D eigenvalue weighted by molar-refractivity contribution is -0.144. The molecule has 3 saturated carbocycles. The van der Waals surface area contributed by atoms with Gasteiger partial charge in [0.15, 0.2) is 0 Å². The number of nitrogens with zero attached hydrogens (tertiary/aromatic N) is 1. The minimum atomic E-state index is -1.01. The van der Waals surface area contributed by atoms with Gasteiger partial charge in [0.2, 0.25) is 17.7 Å². The van der Waals surface area contributed by atoms with Crippen molar-refractivity contribution < 1.29 is 19.1 Å². The van der Waals surface area contributed by atoms with Crippen LogP contribution in [0.1, 0.15) is 77.0 Å². The van der Waals surface area contributed by atoms with Crippen LogP contribution >= 0.6 is 0 Å². The molecule has 2 N–H and O–H groups in total. The van der Waals surface area contributed by atoms with E-state index in [2.05, 4.69) is 10.6 Å². The van der Waals surface area contributed by atoms with E-state index < -0.39 is 29.6 Å². The highest BCUT2D eigenvalue weighted by atomic mass is 16.5. The molecule has 0 aromatic heterocycles. The zero-order valence-corrected chi connectivity index (χ0v) is 18.8. The predicted molar refractivity (Wildman–Crippen MR) is 117 cm³/mol. The molecule has 2 bridgehead atoms. The molecule has 3 heterocycles. The third kappa shape index (κ3) is 3.06. The van der Waals surface area contributed by atoms with Gasteiger partial charge in [-0.2, -0.15) is 0 Å². The van der Waals surface area contributed by atoms with Crippen LogP contribution in [0.4, 0.5) is 0 Å². The first-order valence-electron chi connectivity index (χ1n) is 12.9. The van der Waals surface area contributed by atoms with Crippen LogP contribution in [0.5, 0.6) is 0 Å². The summed E-state index contributed by atoms with van der Waals surface area (Å²) in [5.41, 5.74) is -1.01. The summed E-state index contributed by atoms with van der Waals surface area (Å²) >= 11 is 0. The Balaban J connectivity index is 1.31. The number of amides is 3. The molecule has 3 amide bonds. The molecule has 6 aliphatic rings. The summed E-state index contributed by atoms with van der Waals surface area (Å²) in [7, 11) is 0. The smallest absolute Gasteiger partial charge is 0.246 e. The van der Waals surface area contributed by atoms with Crippen molar-refractivity contribution in [3.8, 4) is 0 Å². The summed E-state index contributed by atoms with van der Waals surface area (Å²) in [6.45, 7) is 0. The molecule has 0 aromatic carbocycles. The van der Waals surface area contributed by atoms with Gasteiger partial charge >= 0.3 is 0 Å². The first-order valence-corrected chi connectivity index (χ1v) is 12.9. The molecule has 5 fully saturated rings. The molecule has 0 unspecified atom stereocenters. The fraction of sp³-hybridized carbons (Fsp3) is 0.800. The minimum absolute atomic E-state index is 0.0538. The van der Waals surface area contributed by atoms with E-state index in [0.717, 1.165) is 77.0 Å². The van der Waals surface area contributed by atoms with Crippen molar-refractivity contribution in [2.45, 2.75) is 113 Å². The minimum Gasteiger partial charge on any atom is -0.359 e. The molecule has 3 aliphatic heterocycles. The number of hydrogen-bond acceptors (Lipinski definition) is 4. The Hall–Kier alpha value is -1.89. The Morgan fingerprint density at radius 2 is 1.44 bits per heavy atom. The Bertz CT molecular complexity index is 825. The number of carbonyl (C=O) groups is 3. The highest BCUT2D eigenvalue weighted by molar-refractivity contribution is 6.00. The molecule has 2 saturated heterocycles. The van der Waals surface area contributed by atoms with Crippen LogP contribution in [0.3, 0.4) is 0 Å². The van der Waals surface area contributed by atoms with Crippen LogP contribution in [0.2, 0.25) is 0 Å². The van der Waals surface area contributed by atoms with Crippen LogP contribution < -0.4 is 10.6 Å². The van der Waals surface area contributed by atoms with Crippen molar-refractivity contribution >= 4 is 17.7 Å². The highest BCUT2D eigenvalue weighted by Crippen LogP contribution is 2.56. The first-order chi connectivity index (χ1) is 15.6. The van der Waals surface area contributed by atoms with Crippen molar-refractivity contribution in [3.63, 3.8) is 0 Å². The second kappa shape index (κ2) is 7.86. The molecule has 1 spiro atoms. The van der Waals surface area contributed by atoms with Gasteiger partial charge in [0.05, 0.1) is 17.9 Å². The number of likely N-dealkylation sites (tertiary alicyclic amines) is 1. The number of nitrogens with one attached hydrogen (secondary N) is 2. The number of hydrogen-bond donors (Lipinski definition) is 2. The standard InChI is InChI=1S/C25H35N3O4/c29-22(26-15-7-1-2-8-15)19-18-13-14-25(32-18)20(19)24(31)28(17-11-5-6-12-17)21(25)23(30)27-16-9-3-4-10-16/h13-21H,1-12H2,(H,26,29)(H,27,30)/t18-,19-,20-,21-,25-/m1/s1. The molecule has 0 radical (unpaired) electrons. The van der Waals surface area contributed by atoms with Gasteiger partial charge in [0.1, 0.15) is 11.6 Å². The summed E-state index contributed by atoms with van der Waals surface area (Å²) in [5.74, 6) is -1.36. The van der Waals surface area contributed by atoms with Crippen LogP contribution in [0.15, 0.2) is 12.2 Å². The number of ether oxygens (including phenoxy) is 1. The molecule has 174 valence electrons. The second-order valence-electron chi connectivity index (χ2n) is 10.9. The Labute approximate surface area is 189 Å². The van der Waals surface area contributed by atoms with Crippen molar-refractivity contribution in [3.05, 3.63) is 12.2 Å². The van der Waals surface area contributed by atoms with Crippen molar-refractivity contribution in [1.29, 1.82) is 0 Å². The third-order valence-electron chi connectivity index (χ3n) is 8.98. The van der Waals surface area contributed by atoms with Gasteiger partial charge in [0.25, 0.3) is 0 Å². The summed E-state index contributed by atoms with van der Waals surface area (Å²) in [4.78, 5) is 42.8. The van der Waals surface area contributed by atoms with E-state index in [-0.39, 0.29) is 35.8 Å². The molecule has 6 rings (SSSR count). The molecule has 32 heavy (non-hydrogen) atoms. The van der Waals surface area contributed by atoms with Gasteiger partial charge < -0.3 is 20.3 Å². The van der Waals surface area contributed by atoms with Gasteiger partial charge in [-0.05, 0) is 38.5 Å². The molecular weight excluding hydrogens is 406 g/mol. The summed E-state index contributed by atoms with van der Waals surface area (Å²) in [5, 5.41) is 6.44. The van der Waals surface area contributed by atoms with Gasteiger partial charge in [-0.25, -0.2) is 0 Å². The Morgan fingerprint density at radius 1 is 0.875 bits per heavy atom. The maximum Gasteiger partial charge on any atom is 0.246 e. The predicted octanol–water partition coefficient (Wildman–Crippen LogP) is 2.20. The molecule has 0 aromatic rings. The lowest BCUT2D eigenvalue weighted by Gasteiger charge is -2.36. The average molecular weight is 442 g/mol. The molecule has 3 aliphatic carbocycles. The normalized spacial score (nSPS) is 39.4.